The average Bonchev–Trinajstić information content (AvgIpc) is 2.73. The van der Waals surface area contributed by atoms with Gasteiger partial charge in [-0.2, -0.15) is 37.2 Å². The lowest BCUT2D eigenvalue weighted by molar-refractivity contribution is 0.379. The normalized spacial score (nSPS) is 12.3. The maximum Gasteiger partial charge on any atom is 0.381 e. The average molecular weight is 563 g/mol. The van der Waals surface area contributed by atoms with Crippen LogP contribution >= 0.6 is 8.60 Å². The van der Waals surface area contributed by atoms with Crippen LogP contribution in [0.1, 0.15) is 16.7 Å². The van der Waals surface area contributed by atoms with Gasteiger partial charge in [0.25, 0.3) is 0 Å². The molecule has 2 N–H and O–H groups in total. The number of rotatable bonds is 9. The molecule has 3 aromatic rings. The van der Waals surface area contributed by atoms with Gasteiger partial charge in [0.15, 0.2) is 0 Å². The fourth-order valence-corrected chi connectivity index (χ4v) is 7.85. The highest BCUT2D eigenvalue weighted by Gasteiger charge is 2.35. The van der Waals surface area contributed by atoms with Gasteiger partial charge in [0.2, 0.25) is 0 Å². The van der Waals surface area contributed by atoms with Gasteiger partial charge < -0.3 is 5.48 Å². The van der Waals surface area contributed by atoms with Crippen LogP contribution in [0.3, 0.4) is 0 Å². The molecule has 0 spiro atoms. The number of hydrogen-bond acceptors (Lipinski definition) is 9. The predicted molar refractivity (Wildman–Crippen MR) is 129 cm³/mol. The molecule has 190 valence electrons. The molecule has 0 radical (unpaired) electrons. The summed E-state index contributed by atoms with van der Waals surface area (Å²) in [4.78, 5) is -1.00. The van der Waals surface area contributed by atoms with Crippen LogP contribution in [0.2, 0.25) is 0 Å². The van der Waals surface area contributed by atoms with E-state index < -0.39 is 39.0 Å². The second kappa shape index (κ2) is 11.2. The summed E-state index contributed by atoms with van der Waals surface area (Å²) in [5, 5.41) is 0. The van der Waals surface area contributed by atoms with Crippen LogP contribution in [-0.2, 0) is 42.3 Å². The van der Waals surface area contributed by atoms with Crippen molar-refractivity contribution in [3.8, 4) is 0 Å². The quantitative estimate of drug-likeness (QED) is 0.355. The van der Waals surface area contributed by atoms with Crippen molar-refractivity contribution in [1.29, 1.82) is 0 Å². The Morgan fingerprint density at radius 3 is 0.857 bits per heavy atom. The highest BCUT2D eigenvalue weighted by atomic mass is 32.3. The summed E-state index contributed by atoms with van der Waals surface area (Å²) in [5.74, 6) is 0. The van der Waals surface area contributed by atoms with E-state index in [2.05, 4.69) is 0 Å². The third-order valence-corrected chi connectivity index (χ3v) is 10.8. The molecule has 0 aliphatic rings. The van der Waals surface area contributed by atoms with Crippen LogP contribution in [-0.4, -0.2) is 30.7 Å². The van der Waals surface area contributed by atoms with Gasteiger partial charge in [0.05, 0.1) is 14.7 Å². The minimum atomic E-state index is -4.65. The standard InChI is InChI=1S/C21H21O9PS3.H2O/c1-16-4-10-19(11-5-16)32(22,23)28-31(29-33(24,25)20-12-6-17(2)7-13-20)30-34(26,27)21-14-8-18(3)9-15-21;/h4-15H,1-3H3;1H2. The summed E-state index contributed by atoms with van der Waals surface area (Å²) >= 11 is 0. The Morgan fingerprint density at radius 2 is 0.657 bits per heavy atom. The molecule has 0 aromatic heterocycles. The van der Waals surface area contributed by atoms with Gasteiger partial charge in [0.1, 0.15) is 0 Å². The topological polar surface area (TPSA) is 162 Å². The smallest absolute Gasteiger partial charge is 0.381 e. The van der Waals surface area contributed by atoms with Crippen molar-refractivity contribution in [1.82, 2.24) is 0 Å². The van der Waals surface area contributed by atoms with Crippen molar-refractivity contribution in [2.45, 2.75) is 35.5 Å². The van der Waals surface area contributed by atoms with Crippen molar-refractivity contribution in [3.05, 3.63) is 89.5 Å². The molecule has 0 bridgehead atoms. The molecular formula is C21H23O10PS3. The van der Waals surface area contributed by atoms with E-state index in [1.54, 1.807) is 20.8 Å². The summed E-state index contributed by atoms with van der Waals surface area (Å²) in [5.41, 5.74) is 2.29. The lowest BCUT2D eigenvalue weighted by Gasteiger charge is -2.16. The molecule has 35 heavy (non-hydrogen) atoms. The van der Waals surface area contributed by atoms with E-state index in [0.29, 0.717) is 0 Å². The zero-order valence-electron chi connectivity index (χ0n) is 18.8. The molecule has 0 unspecified atom stereocenters. The first-order valence-electron chi connectivity index (χ1n) is 9.62. The highest BCUT2D eigenvalue weighted by Crippen LogP contribution is 2.48. The van der Waals surface area contributed by atoms with Crippen LogP contribution in [0.4, 0.5) is 0 Å². The van der Waals surface area contributed by atoms with Gasteiger partial charge in [-0.15, -0.1) is 0 Å². The van der Waals surface area contributed by atoms with E-state index in [1.165, 1.54) is 72.8 Å². The fraction of sp³-hybridized carbons (Fsp3) is 0.143. The maximum atomic E-state index is 12.7. The SMILES string of the molecule is Cc1ccc(S(=O)(=O)OP(OS(=O)(=O)c2ccc(C)cc2)OS(=O)(=O)c2ccc(C)cc2)cc1.O. The first-order valence-corrected chi connectivity index (χ1v) is 14.9. The number of hydrogen-bond donors (Lipinski definition) is 0. The highest BCUT2D eigenvalue weighted by molar-refractivity contribution is 7.96. The molecule has 0 aliphatic carbocycles. The van der Waals surface area contributed by atoms with Gasteiger partial charge in [-0.05, 0) is 57.2 Å². The van der Waals surface area contributed by atoms with E-state index in [0.717, 1.165) is 16.7 Å². The Balaban J connectivity index is 0.00000432. The lowest BCUT2D eigenvalue weighted by Crippen LogP contribution is -2.13. The van der Waals surface area contributed by atoms with Crippen LogP contribution in [0.15, 0.2) is 87.5 Å². The van der Waals surface area contributed by atoms with E-state index in [9.17, 15) is 25.3 Å². The third-order valence-electron chi connectivity index (χ3n) is 4.41. The lowest BCUT2D eigenvalue weighted by atomic mass is 10.2. The molecule has 3 rings (SSSR count). The molecule has 14 heteroatoms. The summed E-state index contributed by atoms with van der Waals surface area (Å²) in [6, 6.07) is 16.3. The van der Waals surface area contributed by atoms with Crippen LogP contribution in [0.25, 0.3) is 0 Å². The molecule has 0 fully saturated rings. The van der Waals surface area contributed by atoms with Crippen LogP contribution in [0.5, 0.6) is 0 Å². The monoisotopic (exact) mass is 562 g/mol. The molecule has 0 saturated carbocycles. The van der Waals surface area contributed by atoms with Gasteiger partial charge >= 0.3 is 39.0 Å². The van der Waals surface area contributed by atoms with Crippen molar-refractivity contribution < 1.29 is 42.6 Å². The minimum Gasteiger partial charge on any atom is -0.412 e. The van der Waals surface area contributed by atoms with Crippen molar-refractivity contribution in [2.24, 2.45) is 0 Å². The molecule has 0 aliphatic heterocycles. The van der Waals surface area contributed by atoms with Crippen LogP contribution < -0.4 is 0 Å². The zero-order valence-corrected chi connectivity index (χ0v) is 22.1. The Bertz CT molecular complexity index is 1280. The van der Waals surface area contributed by atoms with Crippen molar-refractivity contribution in [2.75, 3.05) is 0 Å². The fourth-order valence-electron chi connectivity index (χ4n) is 2.52. The minimum absolute atomic E-state index is 0. The summed E-state index contributed by atoms with van der Waals surface area (Å²) in [7, 11) is -17.4. The number of aryl methyl sites for hydroxylation is 3. The molecule has 10 nitrogen and oxygen atoms in total. The van der Waals surface area contributed by atoms with Crippen molar-refractivity contribution >= 4 is 39.0 Å². The molecule has 0 atom stereocenters. The van der Waals surface area contributed by atoms with Gasteiger partial charge in [-0.1, -0.05) is 53.1 Å². The summed E-state index contributed by atoms with van der Waals surface area (Å²) < 4.78 is 91.0. The largest absolute Gasteiger partial charge is 0.412 e. The third kappa shape index (κ3) is 7.63. The van der Waals surface area contributed by atoms with Gasteiger partial charge in [-0.3, -0.25) is 0 Å². The van der Waals surface area contributed by atoms with Crippen molar-refractivity contribution in [3.63, 3.8) is 0 Å². The van der Waals surface area contributed by atoms with E-state index in [4.69, 9.17) is 11.9 Å². The van der Waals surface area contributed by atoms with E-state index in [1.807, 2.05) is 0 Å². The Kier molecular flexibility index (Phi) is 9.31. The van der Waals surface area contributed by atoms with Gasteiger partial charge in [-0.25, -0.2) is 0 Å². The molecular weight excluding hydrogens is 539 g/mol. The number of benzene rings is 3. The van der Waals surface area contributed by atoms with E-state index >= 15 is 0 Å². The van der Waals surface area contributed by atoms with Crippen LogP contribution in [0, 0.1) is 20.8 Å². The Hall–Kier alpha value is -2.22. The first-order chi connectivity index (χ1) is 15.8. The molecule has 3 aromatic carbocycles. The Labute approximate surface area is 206 Å². The second-order valence-electron chi connectivity index (χ2n) is 7.25. The predicted octanol–water partition coefficient (Wildman–Crippen LogP) is 3.53. The maximum absolute atomic E-state index is 12.7. The second-order valence-corrected chi connectivity index (χ2v) is 13.6. The Morgan fingerprint density at radius 1 is 0.457 bits per heavy atom. The molecule has 0 saturated heterocycles. The van der Waals surface area contributed by atoms with Gasteiger partial charge in [0, 0.05) is 0 Å². The van der Waals surface area contributed by atoms with E-state index in [-0.39, 0.29) is 20.2 Å². The summed E-state index contributed by atoms with van der Waals surface area (Å²) in [6.07, 6.45) is 0. The molecule has 0 heterocycles. The molecule has 0 amide bonds. The summed E-state index contributed by atoms with van der Waals surface area (Å²) in [6.45, 7) is 5.20. The first kappa shape index (κ1) is 29.0. The zero-order chi connectivity index (χ0) is 25.1.